The van der Waals surface area contributed by atoms with E-state index in [4.69, 9.17) is 4.74 Å². The molecule has 7 heteroatoms. The Bertz CT molecular complexity index is 510. The Hall–Kier alpha value is -1.11. The summed E-state index contributed by atoms with van der Waals surface area (Å²) in [4.78, 5) is 25.4. The molecule has 0 radical (unpaired) electrons. The number of hydrogen-bond donors (Lipinski definition) is 0. The van der Waals surface area contributed by atoms with Crippen LogP contribution in [0.25, 0.3) is 0 Å². The second-order valence-corrected chi connectivity index (χ2v) is 8.48. The van der Waals surface area contributed by atoms with E-state index in [0.29, 0.717) is 25.3 Å². The van der Waals surface area contributed by atoms with Gasteiger partial charge >= 0.3 is 5.97 Å². The summed E-state index contributed by atoms with van der Waals surface area (Å²) in [6.07, 6.45) is 5.30. The van der Waals surface area contributed by atoms with E-state index in [1.807, 2.05) is 6.92 Å². The zero-order valence-electron chi connectivity index (χ0n) is 13.1. The quantitative estimate of drug-likeness (QED) is 0.682. The van der Waals surface area contributed by atoms with Gasteiger partial charge in [0.1, 0.15) is 0 Å². The van der Waals surface area contributed by atoms with Gasteiger partial charge in [0.2, 0.25) is 0 Å². The summed E-state index contributed by atoms with van der Waals surface area (Å²) in [5.74, 6) is -0.0875. The van der Waals surface area contributed by atoms with Gasteiger partial charge in [0.15, 0.2) is 16.4 Å². The molecule has 0 bridgehead atoms. The topological polar surface area (TPSA) is 80.8 Å². The predicted octanol–water partition coefficient (Wildman–Crippen LogP) is 1.15. The van der Waals surface area contributed by atoms with Crippen molar-refractivity contribution in [3.8, 4) is 0 Å². The number of likely N-dealkylation sites (N-methyl/N-ethyl adjacent to an activating group) is 1. The lowest BCUT2D eigenvalue weighted by Gasteiger charge is -2.26. The second kappa shape index (κ2) is 7.44. The van der Waals surface area contributed by atoms with Gasteiger partial charge in [0.05, 0.1) is 11.5 Å². The normalized spacial score (nSPS) is 24.3. The zero-order valence-corrected chi connectivity index (χ0v) is 13.9. The average molecular weight is 331 g/mol. The molecule has 1 aliphatic carbocycles. The summed E-state index contributed by atoms with van der Waals surface area (Å²) in [6.45, 7) is 1.96. The molecule has 6 nitrogen and oxygen atoms in total. The van der Waals surface area contributed by atoms with Gasteiger partial charge in [-0.3, -0.25) is 9.59 Å². The third-order valence-corrected chi connectivity index (χ3v) is 6.35. The summed E-state index contributed by atoms with van der Waals surface area (Å²) < 4.78 is 28.1. The maximum absolute atomic E-state index is 12.2. The first kappa shape index (κ1) is 17.2. The standard InChI is InChI=1S/C15H25NO5S/c1-2-16(13-7-8-22(19,20)11-13)14(17)10-21-15(18)9-12-5-3-4-6-12/h12-13H,2-11H2,1H3. The first-order valence-corrected chi connectivity index (χ1v) is 9.89. The molecule has 1 heterocycles. The molecular formula is C15H25NO5S. The Morgan fingerprint density at radius 3 is 2.41 bits per heavy atom. The Balaban J connectivity index is 1.78. The number of rotatable bonds is 6. The number of ether oxygens (including phenoxy) is 1. The van der Waals surface area contributed by atoms with E-state index >= 15 is 0 Å². The third kappa shape index (κ3) is 4.69. The highest BCUT2D eigenvalue weighted by Gasteiger charge is 2.34. The minimum atomic E-state index is -3.03. The van der Waals surface area contributed by atoms with Gasteiger partial charge < -0.3 is 9.64 Å². The van der Waals surface area contributed by atoms with Crippen LogP contribution in [-0.4, -0.2) is 55.9 Å². The van der Waals surface area contributed by atoms with Gasteiger partial charge in [0, 0.05) is 19.0 Å². The van der Waals surface area contributed by atoms with E-state index in [9.17, 15) is 18.0 Å². The molecule has 1 unspecified atom stereocenters. The fourth-order valence-corrected chi connectivity index (χ4v) is 5.12. The van der Waals surface area contributed by atoms with E-state index in [0.717, 1.165) is 25.7 Å². The molecule has 0 spiro atoms. The average Bonchev–Trinajstić information content (AvgIpc) is 3.07. The Morgan fingerprint density at radius 2 is 1.86 bits per heavy atom. The van der Waals surface area contributed by atoms with Gasteiger partial charge in [-0.1, -0.05) is 12.8 Å². The van der Waals surface area contributed by atoms with Crippen LogP contribution in [0.15, 0.2) is 0 Å². The molecule has 1 saturated carbocycles. The van der Waals surface area contributed by atoms with Gasteiger partial charge in [-0.15, -0.1) is 0 Å². The van der Waals surface area contributed by atoms with Crippen molar-refractivity contribution in [2.45, 2.75) is 51.5 Å². The number of sulfone groups is 1. The molecule has 1 aliphatic heterocycles. The zero-order chi connectivity index (χ0) is 16.2. The lowest BCUT2D eigenvalue weighted by Crippen LogP contribution is -2.43. The number of nitrogens with zero attached hydrogens (tertiary/aromatic N) is 1. The largest absolute Gasteiger partial charge is 0.456 e. The molecule has 0 N–H and O–H groups in total. The van der Waals surface area contributed by atoms with Crippen LogP contribution in [0.2, 0.25) is 0 Å². The number of hydrogen-bond acceptors (Lipinski definition) is 5. The first-order chi connectivity index (χ1) is 10.4. The van der Waals surface area contributed by atoms with Gasteiger partial charge in [0.25, 0.3) is 5.91 Å². The van der Waals surface area contributed by atoms with Crippen LogP contribution < -0.4 is 0 Å². The van der Waals surface area contributed by atoms with Crippen molar-refractivity contribution in [1.82, 2.24) is 4.90 Å². The van der Waals surface area contributed by atoms with Crippen molar-refractivity contribution >= 4 is 21.7 Å². The maximum atomic E-state index is 12.2. The van der Waals surface area contributed by atoms with Crippen molar-refractivity contribution in [3.63, 3.8) is 0 Å². The smallest absolute Gasteiger partial charge is 0.306 e. The van der Waals surface area contributed by atoms with E-state index in [2.05, 4.69) is 0 Å². The van der Waals surface area contributed by atoms with E-state index < -0.39 is 9.84 Å². The van der Waals surface area contributed by atoms with E-state index in [-0.39, 0.29) is 36.0 Å². The molecule has 2 fully saturated rings. The molecule has 1 atom stereocenters. The van der Waals surface area contributed by atoms with Crippen LogP contribution in [0.4, 0.5) is 0 Å². The lowest BCUT2D eigenvalue weighted by molar-refractivity contribution is -0.153. The molecule has 0 aromatic rings. The molecule has 0 aromatic carbocycles. The van der Waals surface area contributed by atoms with Gasteiger partial charge in [-0.25, -0.2) is 8.42 Å². The van der Waals surface area contributed by atoms with Crippen LogP contribution in [0.1, 0.15) is 45.4 Å². The van der Waals surface area contributed by atoms with Crippen LogP contribution in [0, 0.1) is 5.92 Å². The molecule has 2 rings (SSSR count). The van der Waals surface area contributed by atoms with E-state index in [1.165, 1.54) is 4.90 Å². The maximum Gasteiger partial charge on any atom is 0.306 e. The van der Waals surface area contributed by atoms with Gasteiger partial charge in [-0.05, 0) is 32.1 Å². The van der Waals surface area contributed by atoms with Gasteiger partial charge in [-0.2, -0.15) is 0 Å². The molecular weight excluding hydrogens is 306 g/mol. The fraction of sp³-hybridized carbons (Fsp3) is 0.867. The predicted molar refractivity (Wildman–Crippen MR) is 82.0 cm³/mol. The van der Waals surface area contributed by atoms with Crippen LogP contribution >= 0.6 is 0 Å². The summed E-state index contributed by atoms with van der Waals surface area (Å²) >= 11 is 0. The summed E-state index contributed by atoms with van der Waals surface area (Å²) in [6, 6.07) is -0.281. The molecule has 126 valence electrons. The van der Waals surface area contributed by atoms with Crippen LogP contribution in [0.3, 0.4) is 0 Å². The Labute approximate surface area is 132 Å². The van der Waals surface area contributed by atoms with Crippen LogP contribution in [-0.2, 0) is 24.2 Å². The van der Waals surface area contributed by atoms with Crippen molar-refractivity contribution in [2.24, 2.45) is 5.92 Å². The third-order valence-electron chi connectivity index (χ3n) is 4.60. The lowest BCUT2D eigenvalue weighted by atomic mass is 10.0. The molecule has 1 saturated heterocycles. The minimum absolute atomic E-state index is 0.0165. The van der Waals surface area contributed by atoms with Crippen molar-refractivity contribution < 1.29 is 22.7 Å². The second-order valence-electron chi connectivity index (χ2n) is 6.25. The Morgan fingerprint density at radius 1 is 1.18 bits per heavy atom. The SMILES string of the molecule is CCN(C(=O)COC(=O)CC1CCCC1)C1CCS(=O)(=O)C1. The van der Waals surface area contributed by atoms with Crippen LogP contribution in [0.5, 0.6) is 0 Å². The number of amides is 1. The summed E-state index contributed by atoms with van der Waals surface area (Å²) in [7, 11) is -3.03. The fourth-order valence-electron chi connectivity index (χ4n) is 3.39. The van der Waals surface area contributed by atoms with E-state index in [1.54, 1.807) is 0 Å². The van der Waals surface area contributed by atoms with Crippen molar-refractivity contribution in [1.29, 1.82) is 0 Å². The molecule has 1 amide bonds. The number of esters is 1. The number of carbonyl (C=O) groups is 2. The highest BCUT2D eigenvalue weighted by atomic mass is 32.2. The monoisotopic (exact) mass is 331 g/mol. The molecule has 0 aromatic heterocycles. The first-order valence-electron chi connectivity index (χ1n) is 8.07. The Kier molecular flexibility index (Phi) is 5.83. The summed E-state index contributed by atoms with van der Waals surface area (Å²) in [5.41, 5.74) is 0. The highest BCUT2D eigenvalue weighted by Crippen LogP contribution is 2.27. The van der Waals surface area contributed by atoms with Crippen molar-refractivity contribution in [3.05, 3.63) is 0 Å². The molecule has 22 heavy (non-hydrogen) atoms. The number of carbonyl (C=O) groups excluding carboxylic acids is 2. The highest BCUT2D eigenvalue weighted by molar-refractivity contribution is 7.91. The minimum Gasteiger partial charge on any atom is -0.456 e. The summed E-state index contributed by atoms with van der Waals surface area (Å²) in [5, 5.41) is 0. The molecule has 2 aliphatic rings. The van der Waals surface area contributed by atoms with Crippen molar-refractivity contribution in [2.75, 3.05) is 24.7 Å².